The molecule has 0 bridgehead atoms. The van der Waals surface area contributed by atoms with E-state index in [-0.39, 0.29) is 5.41 Å². The molecule has 1 aromatic rings. The minimum atomic E-state index is -0.271. The third kappa shape index (κ3) is 3.08. The summed E-state index contributed by atoms with van der Waals surface area (Å²) in [5.41, 5.74) is 3.56. The highest BCUT2D eigenvalue weighted by molar-refractivity contribution is 5.54. The van der Waals surface area contributed by atoms with E-state index in [1.165, 1.54) is 16.8 Å². The van der Waals surface area contributed by atoms with Crippen molar-refractivity contribution in [3.05, 3.63) is 29.3 Å². The van der Waals surface area contributed by atoms with E-state index in [0.29, 0.717) is 19.8 Å². The molecule has 1 aromatic carbocycles. The van der Waals surface area contributed by atoms with Crippen molar-refractivity contribution < 1.29 is 4.74 Å². The second kappa shape index (κ2) is 6.08. The van der Waals surface area contributed by atoms with Gasteiger partial charge in [-0.15, -0.1) is 0 Å². The molecule has 0 saturated carbocycles. The highest BCUT2D eigenvalue weighted by Crippen LogP contribution is 2.31. The summed E-state index contributed by atoms with van der Waals surface area (Å²) in [6.45, 7) is 6.41. The van der Waals surface area contributed by atoms with Crippen molar-refractivity contribution in [2.75, 3.05) is 25.1 Å². The van der Waals surface area contributed by atoms with E-state index in [9.17, 15) is 5.26 Å². The van der Waals surface area contributed by atoms with Crippen LogP contribution in [0.5, 0.6) is 0 Å². The van der Waals surface area contributed by atoms with E-state index in [2.05, 4.69) is 43.4 Å². The van der Waals surface area contributed by atoms with Gasteiger partial charge in [0.25, 0.3) is 0 Å². The number of nitrogens with one attached hydrogen (secondary N) is 1. The molecular formula is C16H22N2O. The third-order valence-corrected chi connectivity index (χ3v) is 4.07. The molecule has 102 valence electrons. The first-order chi connectivity index (χ1) is 9.21. The molecule has 1 aliphatic rings. The number of benzene rings is 1. The van der Waals surface area contributed by atoms with Crippen LogP contribution in [0.15, 0.2) is 18.2 Å². The lowest BCUT2D eigenvalue weighted by molar-refractivity contribution is 0.0456. The van der Waals surface area contributed by atoms with Gasteiger partial charge < -0.3 is 10.1 Å². The number of rotatable bonds is 4. The van der Waals surface area contributed by atoms with Crippen LogP contribution in [0, 0.1) is 23.7 Å². The molecule has 0 spiro atoms. The fourth-order valence-corrected chi connectivity index (χ4v) is 2.69. The Hall–Kier alpha value is -1.53. The highest BCUT2D eigenvalue weighted by Gasteiger charge is 2.32. The minimum Gasteiger partial charge on any atom is -0.383 e. The van der Waals surface area contributed by atoms with Gasteiger partial charge in [0.2, 0.25) is 0 Å². The van der Waals surface area contributed by atoms with Crippen LogP contribution in [-0.4, -0.2) is 19.8 Å². The lowest BCUT2D eigenvalue weighted by Gasteiger charge is -2.31. The van der Waals surface area contributed by atoms with Gasteiger partial charge in [-0.2, -0.15) is 5.26 Å². The van der Waals surface area contributed by atoms with Crippen LogP contribution < -0.4 is 5.32 Å². The molecule has 19 heavy (non-hydrogen) atoms. The van der Waals surface area contributed by atoms with Crippen molar-refractivity contribution in [3.8, 4) is 6.07 Å². The molecular weight excluding hydrogens is 236 g/mol. The van der Waals surface area contributed by atoms with Crippen molar-refractivity contribution >= 4 is 5.69 Å². The zero-order valence-corrected chi connectivity index (χ0v) is 11.8. The summed E-state index contributed by atoms with van der Waals surface area (Å²) < 4.78 is 5.36. The van der Waals surface area contributed by atoms with E-state index in [1.807, 2.05) is 0 Å². The largest absolute Gasteiger partial charge is 0.383 e. The smallest absolute Gasteiger partial charge is 0.0789 e. The van der Waals surface area contributed by atoms with Crippen LogP contribution in [0.25, 0.3) is 0 Å². The van der Waals surface area contributed by atoms with Crippen LogP contribution in [0.1, 0.15) is 30.9 Å². The van der Waals surface area contributed by atoms with Gasteiger partial charge in [-0.05, 0) is 43.4 Å². The van der Waals surface area contributed by atoms with Gasteiger partial charge >= 0.3 is 0 Å². The Morgan fingerprint density at radius 1 is 1.37 bits per heavy atom. The Bertz CT molecular complexity index is 470. The first-order valence-electron chi connectivity index (χ1n) is 7.02. The number of ether oxygens (including phenoxy) is 1. The number of hydrogen-bond donors (Lipinski definition) is 1. The maximum atomic E-state index is 9.46. The molecule has 3 nitrogen and oxygen atoms in total. The van der Waals surface area contributed by atoms with Gasteiger partial charge in [0.15, 0.2) is 0 Å². The predicted molar refractivity (Wildman–Crippen MR) is 77.1 cm³/mol. The van der Waals surface area contributed by atoms with Crippen LogP contribution in [0.3, 0.4) is 0 Å². The molecule has 2 rings (SSSR count). The molecule has 0 atom stereocenters. The Morgan fingerprint density at radius 3 is 2.74 bits per heavy atom. The highest BCUT2D eigenvalue weighted by atomic mass is 16.5. The second-order valence-electron chi connectivity index (χ2n) is 5.31. The zero-order chi connectivity index (χ0) is 13.7. The summed E-state index contributed by atoms with van der Waals surface area (Å²) in [7, 11) is 0. The molecule has 0 unspecified atom stereocenters. The van der Waals surface area contributed by atoms with Crippen molar-refractivity contribution in [1.82, 2.24) is 0 Å². The van der Waals surface area contributed by atoms with Crippen molar-refractivity contribution in [2.24, 2.45) is 5.41 Å². The van der Waals surface area contributed by atoms with Gasteiger partial charge in [-0.25, -0.2) is 0 Å². The number of hydrogen-bond acceptors (Lipinski definition) is 3. The normalized spacial score (nSPS) is 17.7. The Kier molecular flexibility index (Phi) is 4.44. The van der Waals surface area contributed by atoms with E-state index >= 15 is 0 Å². The van der Waals surface area contributed by atoms with E-state index < -0.39 is 0 Å². The van der Waals surface area contributed by atoms with E-state index in [0.717, 1.165) is 19.3 Å². The minimum absolute atomic E-state index is 0.271. The number of nitriles is 1. The molecule has 1 saturated heterocycles. The van der Waals surface area contributed by atoms with Crippen LogP contribution in [0.4, 0.5) is 5.69 Å². The molecule has 0 radical (unpaired) electrons. The predicted octanol–water partition coefficient (Wildman–Crippen LogP) is 3.29. The summed E-state index contributed by atoms with van der Waals surface area (Å²) >= 11 is 0. The summed E-state index contributed by atoms with van der Waals surface area (Å²) in [5.74, 6) is 0. The second-order valence-corrected chi connectivity index (χ2v) is 5.31. The van der Waals surface area contributed by atoms with Gasteiger partial charge in [-0.1, -0.05) is 19.1 Å². The Morgan fingerprint density at radius 2 is 2.11 bits per heavy atom. The van der Waals surface area contributed by atoms with Crippen LogP contribution in [0.2, 0.25) is 0 Å². The van der Waals surface area contributed by atoms with E-state index in [4.69, 9.17) is 4.74 Å². The molecule has 1 N–H and O–H groups in total. The molecule has 0 aliphatic carbocycles. The maximum Gasteiger partial charge on any atom is 0.0789 e. The summed E-state index contributed by atoms with van der Waals surface area (Å²) in [5, 5.41) is 12.9. The lowest BCUT2D eigenvalue weighted by Crippen LogP contribution is -2.34. The van der Waals surface area contributed by atoms with Crippen molar-refractivity contribution in [2.45, 2.75) is 33.1 Å². The van der Waals surface area contributed by atoms with Gasteiger partial charge in [0, 0.05) is 25.4 Å². The van der Waals surface area contributed by atoms with Crippen molar-refractivity contribution in [1.29, 1.82) is 5.26 Å². The summed E-state index contributed by atoms with van der Waals surface area (Å²) in [6, 6.07) is 8.81. The maximum absolute atomic E-state index is 9.46. The quantitative estimate of drug-likeness (QED) is 0.901. The van der Waals surface area contributed by atoms with Gasteiger partial charge in [0.1, 0.15) is 0 Å². The first-order valence-corrected chi connectivity index (χ1v) is 7.02. The fraction of sp³-hybridized carbons (Fsp3) is 0.562. The Balaban J connectivity index is 2.10. The number of anilines is 1. The molecule has 3 heteroatoms. The first kappa shape index (κ1) is 13.9. The van der Waals surface area contributed by atoms with E-state index in [1.54, 1.807) is 0 Å². The average Bonchev–Trinajstić information content (AvgIpc) is 2.46. The SMILES string of the molecule is CCc1c(C)cccc1NCC1(C#N)CCOCC1. The van der Waals surface area contributed by atoms with Crippen LogP contribution >= 0.6 is 0 Å². The number of nitrogens with zero attached hydrogens (tertiary/aromatic N) is 1. The van der Waals surface area contributed by atoms with Gasteiger partial charge in [0.05, 0.1) is 11.5 Å². The zero-order valence-electron chi connectivity index (χ0n) is 11.8. The van der Waals surface area contributed by atoms with Gasteiger partial charge in [-0.3, -0.25) is 0 Å². The molecule has 0 aromatic heterocycles. The molecule has 1 aliphatic heterocycles. The van der Waals surface area contributed by atoms with Crippen LogP contribution in [-0.2, 0) is 11.2 Å². The monoisotopic (exact) mass is 258 g/mol. The topological polar surface area (TPSA) is 45.0 Å². The van der Waals surface area contributed by atoms with Crippen molar-refractivity contribution in [3.63, 3.8) is 0 Å². The third-order valence-electron chi connectivity index (χ3n) is 4.07. The average molecular weight is 258 g/mol. The molecule has 1 fully saturated rings. The Labute approximate surface area is 115 Å². The fourth-order valence-electron chi connectivity index (χ4n) is 2.69. The number of aryl methyl sites for hydroxylation is 1. The molecule has 0 amide bonds. The standard InChI is InChI=1S/C16H22N2O/c1-3-14-13(2)5-4-6-15(14)18-12-16(11-17)7-9-19-10-8-16/h4-6,18H,3,7-10,12H2,1-2H3. The summed E-state index contributed by atoms with van der Waals surface area (Å²) in [6.07, 6.45) is 2.66. The molecule has 1 heterocycles. The lowest BCUT2D eigenvalue weighted by atomic mass is 9.81. The summed E-state index contributed by atoms with van der Waals surface area (Å²) in [4.78, 5) is 0.